The molecule has 0 fully saturated rings. The SMILES string of the molecule is O=C1OCc2cc(-c3ccccn3)ccc21. The van der Waals surface area contributed by atoms with Crippen LogP contribution in [-0.4, -0.2) is 11.0 Å². The maximum absolute atomic E-state index is 11.3. The fourth-order valence-corrected chi connectivity index (χ4v) is 1.83. The molecule has 2 heterocycles. The van der Waals surface area contributed by atoms with Gasteiger partial charge in [-0.25, -0.2) is 4.79 Å². The van der Waals surface area contributed by atoms with E-state index < -0.39 is 0 Å². The zero-order valence-electron chi connectivity index (χ0n) is 8.51. The summed E-state index contributed by atoms with van der Waals surface area (Å²) >= 11 is 0. The fourth-order valence-electron chi connectivity index (χ4n) is 1.83. The zero-order valence-corrected chi connectivity index (χ0v) is 8.51. The highest BCUT2D eigenvalue weighted by atomic mass is 16.5. The summed E-state index contributed by atoms with van der Waals surface area (Å²) in [7, 11) is 0. The van der Waals surface area contributed by atoms with Crippen molar-refractivity contribution in [2.45, 2.75) is 6.61 Å². The van der Waals surface area contributed by atoms with Gasteiger partial charge in [0.2, 0.25) is 0 Å². The molecule has 0 amide bonds. The maximum Gasteiger partial charge on any atom is 0.338 e. The Hall–Kier alpha value is -2.16. The van der Waals surface area contributed by atoms with Crippen LogP contribution in [0.4, 0.5) is 0 Å². The summed E-state index contributed by atoms with van der Waals surface area (Å²) in [5, 5.41) is 0. The van der Waals surface area contributed by atoms with Crippen molar-refractivity contribution in [3.63, 3.8) is 0 Å². The first-order valence-corrected chi connectivity index (χ1v) is 5.06. The minimum Gasteiger partial charge on any atom is -0.457 e. The highest BCUT2D eigenvalue weighted by Gasteiger charge is 2.21. The van der Waals surface area contributed by atoms with E-state index in [1.165, 1.54) is 0 Å². The topological polar surface area (TPSA) is 39.2 Å². The molecule has 78 valence electrons. The van der Waals surface area contributed by atoms with Crippen molar-refractivity contribution in [2.75, 3.05) is 0 Å². The normalized spacial score (nSPS) is 13.4. The number of rotatable bonds is 1. The van der Waals surface area contributed by atoms with Gasteiger partial charge < -0.3 is 4.74 Å². The molecule has 16 heavy (non-hydrogen) atoms. The van der Waals surface area contributed by atoms with Crippen LogP contribution in [0.15, 0.2) is 42.6 Å². The maximum atomic E-state index is 11.3. The van der Waals surface area contributed by atoms with Gasteiger partial charge in [-0.2, -0.15) is 0 Å². The molecule has 1 aromatic carbocycles. The van der Waals surface area contributed by atoms with Gasteiger partial charge in [0.15, 0.2) is 0 Å². The lowest BCUT2D eigenvalue weighted by Gasteiger charge is -2.01. The molecule has 0 unspecified atom stereocenters. The van der Waals surface area contributed by atoms with Gasteiger partial charge in [0, 0.05) is 17.3 Å². The van der Waals surface area contributed by atoms with Crippen LogP contribution >= 0.6 is 0 Å². The summed E-state index contributed by atoms with van der Waals surface area (Å²) in [6.07, 6.45) is 1.75. The van der Waals surface area contributed by atoms with Crippen molar-refractivity contribution in [3.05, 3.63) is 53.7 Å². The second-order valence-corrected chi connectivity index (χ2v) is 3.66. The van der Waals surface area contributed by atoms with Crippen LogP contribution in [-0.2, 0) is 11.3 Å². The monoisotopic (exact) mass is 211 g/mol. The molecule has 0 spiro atoms. The summed E-state index contributed by atoms with van der Waals surface area (Å²) in [6.45, 7) is 0.370. The first-order chi connectivity index (χ1) is 7.84. The van der Waals surface area contributed by atoms with Crippen molar-refractivity contribution in [3.8, 4) is 11.3 Å². The predicted octanol–water partition coefficient (Wildman–Crippen LogP) is 2.42. The quantitative estimate of drug-likeness (QED) is 0.680. The molecule has 0 saturated heterocycles. The number of ether oxygens (including phenoxy) is 1. The first-order valence-electron chi connectivity index (χ1n) is 5.06. The minimum atomic E-state index is -0.234. The Bertz CT molecular complexity index is 549. The van der Waals surface area contributed by atoms with Crippen molar-refractivity contribution in [1.82, 2.24) is 4.98 Å². The molecule has 3 nitrogen and oxygen atoms in total. The highest BCUT2D eigenvalue weighted by Crippen LogP contribution is 2.25. The molecule has 1 aliphatic rings. The van der Waals surface area contributed by atoms with Crippen LogP contribution < -0.4 is 0 Å². The van der Waals surface area contributed by atoms with Crippen LogP contribution in [0, 0.1) is 0 Å². The number of aromatic nitrogens is 1. The lowest BCUT2D eigenvalue weighted by Crippen LogP contribution is -1.93. The smallest absolute Gasteiger partial charge is 0.338 e. The van der Waals surface area contributed by atoms with Gasteiger partial charge in [0.1, 0.15) is 6.61 Å². The Morgan fingerprint density at radius 1 is 1.19 bits per heavy atom. The average Bonchev–Trinajstić information content (AvgIpc) is 2.72. The lowest BCUT2D eigenvalue weighted by molar-refractivity contribution is 0.0535. The standard InChI is InChI=1S/C13H9NO2/c15-13-11-5-4-9(7-10(11)8-16-13)12-3-1-2-6-14-12/h1-7H,8H2. The van der Waals surface area contributed by atoms with E-state index in [1.54, 1.807) is 12.3 Å². The second-order valence-electron chi connectivity index (χ2n) is 3.66. The second kappa shape index (κ2) is 3.45. The van der Waals surface area contributed by atoms with E-state index in [4.69, 9.17) is 4.74 Å². The number of fused-ring (bicyclic) bond motifs is 1. The third-order valence-corrected chi connectivity index (χ3v) is 2.64. The molecule has 3 rings (SSSR count). The number of carbonyl (C=O) groups is 1. The van der Waals surface area contributed by atoms with E-state index >= 15 is 0 Å². The summed E-state index contributed by atoms with van der Waals surface area (Å²) in [4.78, 5) is 15.5. The van der Waals surface area contributed by atoms with Crippen LogP contribution in [0.2, 0.25) is 0 Å². The zero-order chi connectivity index (χ0) is 11.0. The van der Waals surface area contributed by atoms with E-state index in [0.717, 1.165) is 16.8 Å². The number of nitrogens with zero attached hydrogens (tertiary/aromatic N) is 1. The number of benzene rings is 1. The van der Waals surface area contributed by atoms with Gasteiger partial charge in [0.25, 0.3) is 0 Å². The molecular formula is C13H9NO2. The molecular weight excluding hydrogens is 202 g/mol. The number of hydrogen-bond donors (Lipinski definition) is 0. The van der Waals surface area contributed by atoms with E-state index in [2.05, 4.69) is 4.98 Å². The molecule has 1 aliphatic heterocycles. The Morgan fingerprint density at radius 3 is 2.94 bits per heavy atom. The van der Waals surface area contributed by atoms with Gasteiger partial charge in [-0.05, 0) is 24.3 Å². The first kappa shape index (κ1) is 9.09. The Kier molecular flexibility index (Phi) is 1.96. The number of pyridine rings is 1. The molecule has 0 radical (unpaired) electrons. The van der Waals surface area contributed by atoms with Crippen molar-refractivity contribution < 1.29 is 9.53 Å². The highest BCUT2D eigenvalue weighted by molar-refractivity contribution is 5.94. The van der Waals surface area contributed by atoms with Crippen molar-refractivity contribution >= 4 is 5.97 Å². The summed E-state index contributed by atoms with van der Waals surface area (Å²) in [5.74, 6) is -0.234. The number of cyclic esters (lactones) is 1. The van der Waals surface area contributed by atoms with E-state index in [-0.39, 0.29) is 5.97 Å². The molecule has 2 aromatic rings. The molecule has 0 saturated carbocycles. The Morgan fingerprint density at radius 2 is 2.12 bits per heavy atom. The summed E-state index contributed by atoms with van der Waals surface area (Å²) in [5.41, 5.74) is 3.52. The Balaban J connectivity index is 2.09. The van der Waals surface area contributed by atoms with Gasteiger partial charge in [0.05, 0.1) is 11.3 Å². The summed E-state index contributed by atoms with van der Waals surface area (Å²) < 4.78 is 4.95. The van der Waals surface area contributed by atoms with E-state index in [1.807, 2.05) is 30.3 Å². The predicted molar refractivity (Wildman–Crippen MR) is 58.8 cm³/mol. The Labute approximate surface area is 92.7 Å². The minimum absolute atomic E-state index is 0.234. The fraction of sp³-hybridized carbons (Fsp3) is 0.0769. The number of esters is 1. The molecule has 0 aliphatic carbocycles. The summed E-state index contributed by atoms with van der Waals surface area (Å²) in [6, 6.07) is 11.4. The van der Waals surface area contributed by atoms with E-state index in [9.17, 15) is 4.79 Å². The van der Waals surface area contributed by atoms with Gasteiger partial charge >= 0.3 is 5.97 Å². The van der Waals surface area contributed by atoms with Crippen LogP contribution in [0.25, 0.3) is 11.3 Å². The van der Waals surface area contributed by atoms with Gasteiger partial charge in [-0.15, -0.1) is 0 Å². The molecule has 0 atom stereocenters. The van der Waals surface area contributed by atoms with Gasteiger partial charge in [-0.3, -0.25) is 4.98 Å². The number of carbonyl (C=O) groups excluding carboxylic acids is 1. The molecule has 3 heteroatoms. The number of hydrogen-bond acceptors (Lipinski definition) is 3. The van der Waals surface area contributed by atoms with Crippen molar-refractivity contribution in [2.24, 2.45) is 0 Å². The average molecular weight is 211 g/mol. The van der Waals surface area contributed by atoms with Crippen LogP contribution in [0.1, 0.15) is 15.9 Å². The van der Waals surface area contributed by atoms with Crippen LogP contribution in [0.3, 0.4) is 0 Å². The van der Waals surface area contributed by atoms with Crippen LogP contribution in [0.5, 0.6) is 0 Å². The lowest BCUT2D eigenvalue weighted by atomic mass is 10.0. The third kappa shape index (κ3) is 1.37. The molecule has 0 N–H and O–H groups in total. The van der Waals surface area contributed by atoms with Gasteiger partial charge in [-0.1, -0.05) is 12.1 Å². The molecule has 1 aromatic heterocycles. The molecule has 0 bridgehead atoms. The van der Waals surface area contributed by atoms with Crippen molar-refractivity contribution in [1.29, 1.82) is 0 Å². The largest absolute Gasteiger partial charge is 0.457 e. The van der Waals surface area contributed by atoms with E-state index in [0.29, 0.717) is 12.2 Å². The third-order valence-electron chi connectivity index (χ3n) is 2.64.